The first-order chi connectivity index (χ1) is 14.6. The normalized spacial score (nSPS) is 13.8. The molecule has 0 aliphatic rings. The number of allylic oxidation sites excluding steroid dienone is 18. The summed E-state index contributed by atoms with van der Waals surface area (Å²) >= 11 is 0. The van der Waals surface area contributed by atoms with E-state index in [1.807, 2.05) is 61.6 Å². The van der Waals surface area contributed by atoms with Crippen molar-refractivity contribution in [1.29, 1.82) is 0 Å². The van der Waals surface area contributed by atoms with Crippen LogP contribution < -0.4 is 0 Å². The maximum Gasteiger partial charge on any atom is 0.0533 e. The first-order valence-electron chi connectivity index (χ1n) is 9.58. The monoisotopic (exact) mass is 395 g/mol. The van der Waals surface area contributed by atoms with E-state index in [9.17, 15) is 0 Å². The summed E-state index contributed by atoms with van der Waals surface area (Å²) in [5.74, 6) is 0. The zero-order valence-corrected chi connectivity index (χ0v) is 18.1. The first kappa shape index (κ1) is 26.2. The van der Waals surface area contributed by atoms with Gasteiger partial charge in [-0.2, -0.15) is 0 Å². The van der Waals surface area contributed by atoms with Gasteiger partial charge in [-0.1, -0.05) is 113 Å². The van der Waals surface area contributed by atoms with Gasteiger partial charge in [-0.3, -0.25) is 0 Å². The van der Waals surface area contributed by atoms with Gasteiger partial charge in [0.05, 0.1) is 5.70 Å². The zero-order valence-electron chi connectivity index (χ0n) is 18.1. The van der Waals surface area contributed by atoms with Crippen molar-refractivity contribution in [2.75, 3.05) is 0 Å². The van der Waals surface area contributed by atoms with Gasteiger partial charge in [0.2, 0.25) is 0 Å². The molecule has 0 saturated carbocycles. The molecule has 1 nitrogen and oxygen atoms in total. The molecule has 0 aromatic carbocycles. The highest BCUT2D eigenvalue weighted by atomic mass is 15.2. The Morgan fingerprint density at radius 3 is 1.57 bits per heavy atom. The molecule has 30 heavy (non-hydrogen) atoms. The van der Waals surface area contributed by atoms with Gasteiger partial charge < -0.3 is 4.90 Å². The van der Waals surface area contributed by atoms with E-state index in [1.54, 1.807) is 42.5 Å². The minimum Gasteiger partial charge on any atom is -0.310 e. The molecule has 0 heterocycles. The summed E-state index contributed by atoms with van der Waals surface area (Å²) in [5.41, 5.74) is 4.40. The third-order valence-electron chi connectivity index (χ3n) is 3.77. The fourth-order valence-corrected chi connectivity index (χ4v) is 2.64. The van der Waals surface area contributed by atoms with Crippen LogP contribution in [0.15, 0.2) is 172 Å². The lowest BCUT2D eigenvalue weighted by Crippen LogP contribution is -2.21. The van der Waals surface area contributed by atoms with Crippen molar-refractivity contribution < 1.29 is 0 Å². The lowest BCUT2D eigenvalue weighted by Gasteiger charge is -2.30. The molecule has 0 aliphatic heterocycles. The van der Waals surface area contributed by atoms with Gasteiger partial charge in [-0.25, -0.2) is 0 Å². The molecule has 0 atom stereocenters. The molecule has 0 saturated heterocycles. The van der Waals surface area contributed by atoms with E-state index < -0.39 is 0 Å². The fourth-order valence-electron chi connectivity index (χ4n) is 2.64. The topological polar surface area (TPSA) is 3.24 Å². The van der Waals surface area contributed by atoms with Gasteiger partial charge in [0.15, 0.2) is 0 Å². The fraction of sp³-hybridized carbons (Fsp3) is 0.0345. The molecule has 0 fully saturated rings. The summed E-state index contributed by atoms with van der Waals surface area (Å²) in [7, 11) is 0. The van der Waals surface area contributed by atoms with Gasteiger partial charge in [-0.15, -0.1) is 0 Å². The molecule has 1 heteroatoms. The highest BCUT2D eigenvalue weighted by Crippen LogP contribution is 2.30. The van der Waals surface area contributed by atoms with Crippen LogP contribution in [0.5, 0.6) is 0 Å². The van der Waals surface area contributed by atoms with Crippen LogP contribution in [0, 0.1) is 0 Å². The largest absolute Gasteiger partial charge is 0.310 e. The summed E-state index contributed by atoms with van der Waals surface area (Å²) in [6, 6.07) is 0. The molecule has 0 rings (SSSR count). The SMILES string of the molecule is C=C\C=C/C(=C\C=C)C(/C=C)=C(/C=C)N(C(/C=C\C)=C/C=C)C(/C=C\C=C)=C/C=C. The molecular formula is C29H33N. The van der Waals surface area contributed by atoms with Crippen LogP contribution in [0.4, 0.5) is 0 Å². The Balaban J connectivity index is 7.39. The summed E-state index contributed by atoms with van der Waals surface area (Å²) in [4.78, 5) is 2.06. The molecule has 0 spiro atoms. The Labute approximate surface area is 183 Å². The van der Waals surface area contributed by atoms with Gasteiger partial charge in [0, 0.05) is 17.0 Å². The number of hydrogen-bond acceptors (Lipinski definition) is 1. The molecule has 0 unspecified atom stereocenters. The van der Waals surface area contributed by atoms with E-state index >= 15 is 0 Å². The van der Waals surface area contributed by atoms with E-state index in [-0.39, 0.29) is 0 Å². The van der Waals surface area contributed by atoms with Crippen LogP contribution in [-0.4, -0.2) is 4.90 Å². The summed E-state index contributed by atoms with van der Waals surface area (Å²) in [6.45, 7) is 29.2. The van der Waals surface area contributed by atoms with Gasteiger partial charge in [-0.05, 0) is 42.9 Å². The van der Waals surface area contributed by atoms with Gasteiger partial charge in [0.25, 0.3) is 0 Å². The average molecular weight is 396 g/mol. The molecular weight excluding hydrogens is 362 g/mol. The van der Waals surface area contributed by atoms with Crippen molar-refractivity contribution in [2.24, 2.45) is 0 Å². The molecule has 0 aliphatic carbocycles. The standard InChI is InChI=1S/C29H33N/c1-9-17-23-25(19-11-3)28(15-7)29(16-8)30(26(20-12-4)21-13-5)27(22-14-6)24-18-10-2/h9-24H,1-4,6-8H2,5H3/b21-13-,23-17-,24-18-,25-19+,26-20+,27-22+,29-28-. The van der Waals surface area contributed by atoms with E-state index in [2.05, 4.69) is 51.0 Å². The summed E-state index contributed by atoms with van der Waals surface area (Å²) < 4.78 is 0. The smallest absolute Gasteiger partial charge is 0.0533 e. The van der Waals surface area contributed by atoms with E-state index in [4.69, 9.17) is 0 Å². The zero-order chi connectivity index (χ0) is 22.8. The molecule has 0 N–H and O–H groups in total. The van der Waals surface area contributed by atoms with E-state index in [1.165, 1.54) is 0 Å². The number of hydrogen-bond donors (Lipinski definition) is 0. The Morgan fingerprint density at radius 1 is 0.600 bits per heavy atom. The van der Waals surface area contributed by atoms with Crippen molar-refractivity contribution in [3.8, 4) is 0 Å². The second-order valence-electron chi connectivity index (χ2n) is 5.74. The molecule has 154 valence electrons. The van der Waals surface area contributed by atoms with Crippen LogP contribution >= 0.6 is 0 Å². The maximum absolute atomic E-state index is 4.08. The highest BCUT2D eigenvalue weighted by Gasteiger charge is 2.18. The quantitative estimate of drug-likeness (QED) is 0.268. The third-order valence-corrected chi connectivity index (χ3v) is 3.77. The average Bonchev–Trinajstić information content (AvgIpc) is 2.75. The van der Waals surface area contributed by atoms with E-state index in [0.29, 0.717) is 0 Å². The number of nitrogens with zero attached hydrogens (tertiary/aromatic N) is 1. The molecule has 0 amide bonds. The number of rotatable bonds is 14. The molecule has 0 aromatic heterocycles. The highest BCUT2D eigenvalue weighted by molar-refractivity contribution is 5.55. The molecule has 0 aromatic rings. The van der Waals surface area contributed by atoms with Crippen LogP contribution in [-0.2, 0) is 0 Å². The Kier molecular flexibility index (Phi) is 14.1. The van der Waals surface area contributed by atoms with Crippen LogP contribution in [0.1, 0.15) is 6.92 Å². The van der Waals surface area contributed by atoms with Crippen molar-refractivity contribution >= 4 is 0 Å². The maximum atomic E-state index is 4.08. The van der Waals surface area contributed by atoms with Crippen LogP contribution in [0.3, 0.4) is 0 Å². The Hall–Kier alpha value is -3.84. The minimum atomic E-state index is 0.833. The van der Waals surface area contributed by atoms with Crippen LogP contribution in [0.25, 0.3) is 0 Å². The Morgan fingerprint density at radius 2 is 1.13 bits per heavy atom. The first-order valence-corrected chi connectivity index (χ1v) is 9.58. The third kappa shape index (κ3) is 8.04. The van der Waals surface area contributed by atoms with Crippen molar-refractivity contribution in [1.82, 2.24) is 4.90 Å². The molecule has 0 bridgehead atoms. The summed E-state index contributed by atoms with van der Waals surface area (Å²) in [5, 5.41) is 0. The van der Waals surface area contributed by atoms with E-state index in [0.717, 1.165) is 28.2 Å². The van der Waals surface area contributed by atoms with Gasteiger partial charge >= 0.3 is 0 Å². The van der Waals surface area contributed by atoms with Crippen molar-refractivity contribution in [3.05, 3.63) is 172 Å². The second kappa shape index (κ2) is 16.1. The van der Waals surface area contributed by atoms with Crippen molar-refractivity contribution in [2.45, 2.75) is 6.92 Å². The Bertz CT molecular complexity index is 873. The van der Waals surface area contributed by atoms with Gasteiger partial charge in [0.1, 0.15) is 0 Å². The lowest BCUT2D eigenvalue weighted by molar-refractivity contribution is 0.574. The predicted octanol–water partition coefficient (Wildman–Crippen LogP) is 8.23. The minimum absolute atomic E-state index is 0.833. The molecule has 0 radical (unpaired) electrons. The predicted molar refractivity (Wildman–Crippen MR) is 138 cm³/mol. The lowest BCUT2D eigenvalue weighted by atomic mass is 10.00. The second-order valence-corrected chi connectivity index (χ2v) is 5.74. The van der Waals surface area contributed by atoms with Crippen LogP contribution in [0.2, 0.25) is 0 Å². The summed E-state index contributed by atoms with van der Waals surface area (Å²) in [6.07, 6.45) is 29.7. The van der Waals surface area contributed by atoms with Crippen molar-refractivity contribution in [3.63, 3.8) is 0 Å².